The first kappa shape index (κ1) is 36.8. The number of carbonyl (C=O) groups excluding carboxylic acids is 3. The summed E-state index contributed by atoms with van der Waals surface area (Å²) in [6.45, 7) is 12.4. The molecule has 224 valence electrons. The SMILES string of the molecule is CC.CC.CCC(C=O)N(CC)C(=O)C(NC(=O)CNC)C1CCCCC1.CNC1CCCc2ccccc21. The summed E-state index contributed by atoms with van der Waals surface area (Å²) < 4.78 is 0. The molecule has 0 aliphatic heterocycles. The molecule has 2 aliphatic rings. The third-order valence-electron chi connectivity index (χ3n) is 7.36. The summed E-state index contributed by atoms with van der Waals surface area (Å²) in [4.78, 5) is 37.9. The second kappa shape index (κ2) is 22.6. The predicted octanol–water partition coefficient (Wildman–Crippen LogP) is 5.43. The van der Waals surface area contributed by atoms with E-state index < -0.39 is 12.1 Å². The minimum atomic E-state index is -0.523. The van der Waals surface area contributed by atoms with Crippen LogP contribution in [0.15, 0.2) is 24.3 Å². The first-order valence-electron chi connectivity index (χ1n) is 15.4. The molecule has 3 rings (SSSR count). The zero-order chi connectivity index (χ0) is 29.6. The molecule has 2 aliphatic carbocycles. The van der Waals surface area contributed by atoms with Crippen LogP contribution < -0.4 is 16.0 Å². The van der Waals surface area contributed by atoms with Crippen LogP contribution in [0.3, 0.4) is 0 Å². The fourth-order valence-corrected chi connectivity index (χ4v) is 5.41. The van der Waals surface area contributed by atoms with Gasteiger partial charge in [-0.15, -0.1) is 0 Å². The van der Waals surface area contributed by atoms with Gasteiger partial charge in [-0.25, -0.2) is 0 Å². The molecule has 1 aromatic rings. The number of likely N-dealkylation sites (N-methyl/N-ethyl adjacent to an activating group) is 2. The van der Waals surface area contributed by atoms with Gasteiger partial charge in [0, 0.05) is 12.6 Å². The van der Waals surface area contributed by atoms with Crippen LogP contribution in [0.25, 0.3) is 0 Å². The van der Waals surface area contributed by atoms with Crippen LogP contribution in [-0.2, 0) is 20.8 Å². The molecule has 3 unspecified atom stereocenters. The number of nitrogens with one attached hydrogen (secondary N) is 3. The lowest BCUT2D eigenvalue weighted by Crippen LogP contribution is -2.56. The Morgan fingerprint density at radius 3 is 2.15 bits per heavy atom. The smallest absolute Gasteiger partial charge is 0.246 e. The molecule has 1 aromatic carbocycles. The number of amides is 2. The average Bonchev–Trinajstić information content (AvgIpc) is 3.01. The normalized spacial score (nSPS) is 17.7. The van der Waals surface area contributed by atoms with Crippen LogP contribution in [0.2, 0.25) is 0 Å². The highest BCUT2D eigenvalue weighted by Crippen LogP contribution is 2.29. The van der Waals surface area contributed by atoms with Crippen molar-refractivity contribution < 1.29 is 14.4 Å². The molecule has 3 N–H and O–H groups in total. The fraction of sp³-hybridized carbons (Fsp3) is 0.719. The van der Waals surface area contributed by atoms with Crippen molar-refractivity contribution in [1.82, 2.24) is 20.9 Å². The maximum atomic E-state index is 13.0. The number of rotatable bonds is 10. The van der Waals surface area contributed by atoms with Crippen LogP contribution in [-0.4, -0.2) is 62.3 Å². The van der Waals surface area contributed by atoms with Crippen LogP contribution in [0.1, 0.15) is 110 Å². The maximum Gasteiger partial charge on any atom is 0.246 e. The Hall–Kier alpha value is -2.25. The van der Waals surface area contributed by atoms with Crippen LogP contribution >= 0.6 is 0 Å². The highest BCUT2D eigenvalue weighted by Gasteiger charge is 2.35. The first-order valence-corrected chi connectivity index (χ1v) is 15.4. The standard InChI is InChI=1S/C17H31N3O3.C11H15N.2C2H6/c1-4-14(12-21)20(5-2)17(23)16(19-15(22)11-18-3)13-9-7-6-8-10-13;1-12-11-8-4-6-9-5-2-3-7-10(9)11;2*1-2/h12-14,16,18H,4-11H2,1-3H3,(H,19,22);2-3,5,7,11-12H,4,6,8H2,1H3;2*1-2H3. The minimum absolute atomic E-state index is 0.122. The third kappa shape index (κ3) is 12.2. The average molecular weight is 547 g/mol. The number of hydrogen-bond donors (Lipinski definition) is 3. The van der Waals surface area contributed by atoms with Gasteiger partial charge >= 0.3 is 0 Å². The minimum Gasteiger partial charge on any atom is -0.343 e. The lowest BCUT2D eigenvalue weighted by atomic mass is 9.83. The number of aryl methyl sites for hydroxylation is 1. The van der Waals surface area contributed by atoms with Crippen molar-refractivity contribution in [3.05, 3.63) is 35.4 Å². The van der Waals surface area contributed by atoms with Gasteiger partial charge in [0.05, 0.1) is 12.6 Å². The van der Waals surface area contributed by atoms with Crippen LogP contribution in [0, 0.1) is 5.92 Å². The van der Waals surface area contributed by atoms with Crippen LogP contribution in [0.5, 0.6) is 0 Å². The van der Waals surface area contributed by atoms with Gasteiger partial charge in [0.15, 0.2) is 0 Å². The zero-order valence-corrected chi connectivity index (χ0v) is 26.1. The molecule has 39 heavy (non-hydrogen) atoms. The van der Waals surface area contributed by atoms with E-state index in [1.165, 1.54) is 36.8 Å². The van der Waals surface area contributed by atoms with E-state index in [1.807, 2.05) is 48.6 Å². The maximum absolute atomic E-state index is 13.0. The van der Waals surface area contributed by atoms with Gasteiger partial charge in [0.1, 0.15) is 12.3 Å². The molecule has 0 bridgehead atoms. The van der Waals surface area contributed by atoms with Crippen molar-refractivity contribution in [3.8, 4) is 0 Å². The molecule has 1 saturated carbocycles. The van der Waals surface area contributed by atoms with Crippen molar-refractivity contribution >= 4 is 18.1 Å². The van der Waals surface area contributed by atoms with E-state index >= 15 is 0 Å². The number of nitrogens with zero attached hydrogens (tertiary/aromatic N) is 1. The predicted molar refractivity (Wildman–Crippen MR) is 164 cm³/mol. The van der Waals surface area contributed by atoms with Crippen molar-refractivity contribution in [3.63, 3.8) is 0 Å². The molecule has 7 nitrogen and oxygen atoms in total. The Balaban J connectivity index is 0.000000750. The van der Waals surface area contributed by atoms with E-state index in [0.717, 1.165) is 32.0 Å². The molecule has 0 heterocycles. The summed E-state index contributed by atoms with van der Waals surface area (Å²) in [6, 6.07) is 8.42. The topological polar surface area (TPSA) is 90.5 Å². The Labute approximate surface area is 239 Å². The quantitative estimate of drug-likeness (QED) is 0.340. The first-order chi connectivity index (χ1) is 19.0. The second-order valence-corrected chi connectivity index (χ2v) is 9.64. The Morgan fingerprint density at radius 1 is 0.974 bits per heavy atom. The number of carbonyl (C=O) groups is 3. The third-order valence-corrected chi connectivity index (χ3v) is 7.36. The van der Waals surface area contributed by atoms with E-state index in [0.29, 0.717) is 19.0 Å². The van der Waals surface area contributed by atoms with Crippen molar-refractivity contribution in [1.29, 1.82) is 0 Å². The van der Waals surface area contributed by atoms with Crippen molar-refractivity contribution in [2.45, 2.75) is 117 Å². The van der Waals surface area contributed by atoms with E-state index in [4.69, 9.17) is 0 Å². The van der Waals surface area contributed by atoms with E-state index in [2.05, 4.69) is 40.2 Å². The van der Waals surface area contributed by atoms with Gasteiger partial charge in [-0.05, 0) is 76.6 Å². The van der Waals surface area contributed by atoms with E-state index in [-0.39, 0.29) is 24.3 Å². The summed E-state index contributed by atoms with van der Waals surface area (Å²) in [7, 11) is 3.75. The van der Waals surface area contributed by atoms with Crippen molar-refractivity contribution in [2.75, 3.05) is 27.2 Å². The molecule has 0 radical (unpaired) electrons. The van der Waals surface area contributed by atoms with E-state index in [1.54, 1.807) is 11.9 Å². The highest BCUT2D eigenvalue weighted by molar-refractivity contribution is 5.90. The number of benzene rings is 1. The lowest BCUT2D eigenvalue weighted by molar-refractivity contribution is -0.141. The molecule has 2 amide bonds. The summed E-state index contributed by atoms with van der Waals surface area (Å²) in [5.74, 6) is -0.135. The largest absolute Gasteiger partial charge is 0.343 e. The fourth-order valence-electron chi connectivity index (χ4n) is 5.41. The van der Waals surface area contributed by atoms with Gasteiger partial charge in [-0.2, -0.15) is 0 Å². The van der Waals surface area contributed by atoms with Gasteiger partial charge in [0.2, 0.25) is 11.8 Å². The van der Waals surface area contributed by atoms with E-state index in [9.17, 15) is 14.4 Å². The van der Waals surface area contributed by atoms with Crippen LogP contribution in [0.4, 0.5) is 0 Å². The van der Waals surface area contributed by atoms with Gasteiger partial charge in [0.25, 0.3) is 0 Å². The second-order valence-electron chi connectivity index (χ2n) is 9.64. The molecule has 7 heteroatoms. The van der Waals surface area contributed by atoms with Gasteiger partial charge < -0.3 is 25.6 Å². The van der Waals surface area contributed by atoms with Gasteiger partial charge in [-0.3, -0.25) is 9.59 Å². The lowest BCUT2D eigenvalue weighted by Gasteiger charge is -2.35. The highest BCUT2D eigenvalue weighted by atomic mass is 16.2. The zero-order valence-electron chi connectivity index (χ0n) is 26.1. The monoisotopic (exact) mass is 546 g/mol. The summed E-state index contributed by atoms with van der Waals surface area (Å²) in [6.07, 6.45) is 10.5. The molecule has 0 saturated heterocycles. The summed E-state index contributed by atoms with van der Waals surface area (Å²) >= 11 is 0. The number of fused-ring (bicyclic) bond motifs is 1. The molecular weight excluding hydrogens is 488 g/mol. The molecule has 1 fully saturated rings. The Morgan fingerprint density at radius 2 is 1.62 bits per heavy atom. The Kier molecular flexibility index (Phi) is 21.3. The van der Waals surface area contributed by atoms with Gasteiger partial charge in [-0.1, -0.05) is 78.1 Å². The van der Waals surface area contributed by atoms with Crippen molar-refractivity contribution in [2.24, 2.45) is 5.92 Å². The number of hydrogen-bond acceptors (Lipinski definition) is 5. The molecule has 3 atom stereocenters. The summed E-state index contributed by atoms with van der Waals surface area (Å²) in [5, 5.41) is 9.07. The molecule has 0 aromatic heterocycles. The molecular formula is C32H58N4O3. The molecule has 0 spiro atoms. The number of aldehydes is 1. The Bertz CT molecular complexity index is 795. The summed E-state index contributed by atoms with van der Waals surface area (Å²) in [5.41, 5.74) is 3.04.